The van der Waals surface area contributed by atoms with Crippen molar-refractivity contribution in [2.24, 2.45) is 5.92 Å². The number of hydrogen-bond acceptors (Lipinski definition) is 5. The highest BCUT2D eigenvalue weighted by Crippen LogP contribution is 2.34. The van der Waals surface area contributed by atoms with Gasteiger partial charge in [0.1, 0.15) is 6.10 Å². The minimum absolute atomic E-state index is 0.119. The summed E-state index contributed by atoms with van der Waals surface area (Å²) < 4.78 is 30.9. The van der Waals surface area contributed by atoms with E-state index >= 15 is 0 Å². The van der Waals surface area contributed by atoms with Gasteiger partial charge in [-0.05, 0) is 12.1 Å². The standard InChI is InChI=1S/C17H25N3O5S/c1-11-9-19(3)17(22)13-7-6-8-14(18-12(2)21)16(13)25-15(11)10-20(4)26(5,23)24/h6-8,11,15H,9-10H2,1-5H3,(H,18,21)/t11-,15+/m0/s1. The van der Waals surface area contributed by atoms with Crippen LogP contribution in [-0.4, -0.2) is 69.0 Å². The van der Waals surface area contributed by atoms with E-state index in [-0.39, 0.29) is 30.0 Å². The molecule has 1 heterocycles. The molecule has 0 fully saturated rings. The third-order valence-corrected chi connectivity index (χ3v) is 5.65. The molecule has 1 aromatic carbocycles. The van der Waals surface area contributed by atoms with Crippen LogP contribution >= 0.6 is 0 Å². The molecule has 0 spiro atoms. The minimum Gasteiger partial charge on any atom is -0.486 e. The first-order valence-electron chi connectivity index (χ1n) is 8.24. The van der Waals surface area contributed by atoms with Crippen LogP contribution in [0.15, 0.2) is 18.2 Å². The predicted molar refractivity (Wildman–Crippen MR) is 98.8 cm³/mol. The Morgan fingerprint density at radius 3 is 2.65 bits per heavy atom. The summed E-state index contributed by atoms with van der Waals surface area (Å²) in [5.74, 6) is -0.360. The molecular weight excluding hydrogens is 358 g/mol. The molecule has 0 unspecified atom stereocenters. The lowest BCUT2D eigenvalue weighted by atomic mass is 10.0. The number of anilines is 1. The van der Waals surface area contributed by atoms with Gasteiger partial charge in [-0.2, -0.15) is 0 Å². The number of sulfonamides is 1. The molecule has 1 N–H and O–H groups in total. The molecule has 2 rings (SSSR count). The summed E-state index contributed by atoms with van der Waals surface area (Å²) in [5.41, 5.74) is 0.718. The van der Waals surface area contributed by atoms with Crippen molar-refractivity contribution in [3.8, 4) is 5.75 Å². The summed E-state index contributed by atoms with van der Waals surface area (Å²) >= 11 is 0. The number of amides is 2. The molecule has 0 bridgehead atoms. The molecule has 8 nitrogen and oxygen atoms in total. The van der Waals surface area contributed by atoms with Gasteiger partial charge in [0, 0.05) is 33.5 Å². The van der Waals surface area contributed by atoms with Crippen molar-refractivity contribution in [3.63, 3.8) is 0 Å². The number of hydrogen-bond donors (Lipinski definition) is 1. The Morgan fingerprint density at radius 2 is 2.08 bits per heavy atom. The second-order valence-corrected chi connectivity index (χ2v) is 8.82. The number of nitrogens with one attached hydrogen (secondary N) is 1. The van der Waals surface area contributed by atoms with E-state index in [9.17, 15) is 18.0 Å². The lowest BCUT2D eigenvalue weighted by Crippen LogP contribution is -2.46. The first kappa shape index (κ1) is 20.2. The zero-order valence-electron chi connectivity index (χ0n) is 15.6. The molecular formula is C17H25N3O5S. The number of likely N-dealkylation sites (N-methyl/N-ethyl adjacent to an activating group) is 1. The fourth-order valence-corrected chi connectivity index (χ4v) is 3.25. The molecule has 2 atom stereocenters. The van der Waals surface area contributed by atoms with Gasteiger partial charge >= 0.3 is 0 Å². The highest BCUT2D eigenvalue weighted by atomic mass is 32.2. The van der Waals surface area contributed by atoms with Crippen molar-refractivity contribution in [2.45, 2.75) is 20.0 Å². The molecule has 0 aliphatic carbocycles. The zero-order valence-corrected chi connectivity index (χ0v) is 16.5. The van der Waals surface area contributed by atoms with Crippen LogP contribution in [0.2, 0.25) is 0 Å². The molecule has 1 aliphatic rings. The van der Waals surface area contributed by atoms with Crippen LogP contribution in [0.3, 0.4) is 0 Å². The molecule has 144 valence electrons. The van der Waals surface area contributed by atoms with Crippen molar-refractivity contribution in [2.75, 3.05) is 38.8 Å². The maximum Gasteiger partial charge on any atom is 0.257 e. The monoisotopic (exact) mass is 383 g/mol. The Morgan fingerprint density at radius 1 is 1.42 bits per heavy atom. The molecule has 0 aromatic heterocycles. The van der Waals surface area contributed by atoms with Gasteiger partial charge in [-0.3, -0.25) is 9.59 Å². The molecule has 0 saturated carbocycles. The number of nitrogens with zero attached hydrogens (tertiary/aromatic N) is 2. The van der Waals surface area contributed by atoms with E-state index in [1.54, 1.807) is 30.1 Å². The summed E-state index contributed by atoms with van der Waals surface area (Å²) in [5, 5.41) is 2.67. The number of para-hydroxylation sites is 1. The SMILES string of the molecule is CC(=O)Nc1cccc2c1O[C@H](CN(C)S(C)(=O)=O)[C@@H](C)CN(C)C2=O. The van der Waals surface area contributed by atoms with Crippen LogP contribution in [0.4, 0.5) is 5.69 Å². The molecule has 26 heavy (non-hydrogen) atoms. The van der Waals surface area contributed by atoms with E-state index in [1.807, 2.05) is 6.92 Å². The van der Waals surface area contributed by atoms with Crippen molar-refractivity contribution in [3.05, 3.63) is 23.8 Å². The van der Waals surface area contributed by atoms with Gasteiger partial charge in [0.2, 0.25) is 15.9 Å². The summed E-state index contributed by atoms with van der Waals surface area (Å²) in [6.45, 7) is 3.82. The fraction of sp³-hybridized carbons (Fsp3) is 0.529. The Kier molecular flexibility index (Phi) is 5.92. The average Bonchev–Trinajstić information content (AvgIpc) is 2.52. The molecule has 2 amide bonds. The number of ether oxygens (including phenoxy) is 1. The molecule has 0 saturated heterocycles. The van der Waals surface area contributed by atoms with E-state index in [2.05, 4.69) is 5.32 Å². The largest absolute Gasteiger partial charge is 0.486 e. The Labute approximate surface area is 154 Å². The second kappa shape index (κ2) is 7.63. The van der Waals surface area contributed by atoms with Gasteiger partial charge in [-0.15, -0.1) is 0 Å². The molecule has 1 aliphatic heterocycles. The zero-order chi connectivity index (χ0) is 19.6. The van der Waals surface area contributed by atoms with Gasteiger partial charge < -0.3 is 15.0 Å². The van der Waals surface area contributed by atoms with Crippen molar-refractivity contribution < 1.29 is 22.7 Å². The van der Waals surface area contributed by atoms with Crippen molar-refractivity contribution >= 4 is 27.5 Å². The van der Waals surface area contributed by atoms with Crippen LogP contribution in [0.1, 0.15) is 24.2 Å². The number of fused-ring (bicyclic) bond motifs is 1. The average molecular weight is 383 g/mol. The number of carbonyl (C=O) groups is 2. The fourth-order valence-electron chi connectivity index (χ4n) is 2.83. The highest BCUT2D eigenvalue weighted by Gasteiger charge is 2.32. The third kappa shape index (κ3) is 4.53. The van der Waals surface area contributed by atoms with Crippen LogP contribution < -0.4 is 10.1 Å². The van der Waals surface area contributed by atoms with Crippen LogP contribution in [0, 0.1) is 5.92 Å². The summed E-state index contributed by atoms with van der Waals surface area (Å²) in [6, 6.07) is 4.95. The van der Waals surface area contributed by atoms with E-state index in [4.69, 9.17) is 4.74 Å². The number of rotatable bonds is 4. The van der Waals surface area contributed by atoms with E-state index in [0.717, 1.165) is 6.26 Å². The maximum atomic E-state index is 12.7. The second-order valence-electron chi connectivity index (χ2n) is 6.73. The summed E-state index contributed by atoms with van der Waals surface area (Å²) in [4.78, 5) is 25.8. The lowest BCUT2D eigenvalue weighted by molar-refractivity contribution is -0.114. The normalized spacial score (nSPS) is 20.8. The van der Waals surface area contributed by atoms with Crippen molar-refractivity contribution in [1.82, 2.24) is 9.21 Å². The lowest BCUT2D eigenvalue weighted by Gasteiger charge is -2.34. The Bertz CT molecular complexity index is 809. The number of carbonyl (C=O) groups excluding carboxylic acids is 2. The smallest absolute Gasteiger partial charge is 0.257 e. The Hall–Kier alpha value is -2.13. The quantitative estimate of drug-likeness (QED) is 0.837. The maximum absolute atomic E-state index is 12.7. The summed E-state index contributed by atoms with van der Waals surface area (Å²) in [7, 11) is -0.198. The first-order chi connectivity index (χ1) is 12.0. The number of benzene rings is 1. The van der Waals surface area contributed by atoms with Gasteiger partial charge in [0.25, 0.3) is 5.91 Å². The van der Waals surface area contributed by atoms with Crippen molar-refractivity contribution in [1.29, 1.82) is 0 Å². The summed E-state index contributed by atoms with van der Waals surface area (Å²) in [6.07, 6.45) is 0.645. The van der Waals surface area contributed by atoms with E-state index < -0.39 is 16.1 Å². The van der Waals surface area contributed by atoms with E-state index in [0.29, 0.717) is 17.8 Å². The molecule has 9 heteroatoms. The van der Waals surface area contributed by atoms with Gasteiger partial charge in [-0.1, -0.05) is 13.0 Å². The third-order valence-electron chi connectivity index (χ3n) is 4.37. The first-order valence-corrected chi connectivity index (χ1v) is 10.1. The Balaban J connectivity index is 2.48. The van der Waals surface area contributed by atoms with E-state index in [1.165, 1.54) is 18.3 Å². The van der Waals surface area contributed by atoms with Gasteiger partial charge in [0.05, 0.1) is 24.1 Å². The van der Waals surface area contributed by atoms with Crippen LogP contribution in [0.5, 0.6) is 5.75 Å². The van der Waals surface area contributed by atoms with Gasteiger partial charge in [0.15, 0.2) is 5.75 Å². The van der Waals surface area contributed by atoms with Crippen LogP contribution in [-0.2, 0) is 14.8 Å². The van der Waals surface area contributed by atoms with Crippen LogP contribution in [0.25, 0.3) is 0 Å². The highest BCUT2D eigenvalue weighted by molar-refractivity contribution is 7.88. The topological polar surface area (TPSA) is 96.0 Å². The minimum atomic E-state index is -3.37. The molecule has 1 aromatic rings. The molecule has 0 radical (unpaired) electrons. The van der Waals surface area contributed by atoms with Gasteiger partial charge in [-0.25, -0.2) is 12.7 Å². The predicted octanol–water partition coefficient (Wildman–Crippen LogP) is 1.01.